The van der Waals surface area contributed by atoms with Gasteiger partial charge in [-0.05, 0) is 40.6 Å². The largest absolute Gasteiger partial charge is 2.00 e. The van der Waals surface area contributed by atoms with Crippen LogP contribution in [0.3, 0.4) is 0 Å². The maximum absolute atomic E-state index is 12.6. The molecule has 0 unspecified atom stereocenters. The molecule has 4 aromatic carbocycles. The van der Waals surface area contributed by atoms with Crippen molar-refractivity contribution >= 4 is 59.1 Å². The number of carbonyl (C=O) groups excluding carboxylic acids is 1. The van der Waals surface area contributed by atoms with Crippen molar-refractivity contribution in [3.8, 4) is 5.75 Å². The zero-order chi connectivity index (χ0) is 24.8. The Morgan fingerprint density at radius 3 is 2.09 bits per heavy atom. The van der Waals surface area contributed by atoms with E-state index in [4.69, 9.17) is 0 Å². The molecule has 0 aliphatic carbocycles. The molecule has 35 heavy (non-hydrogen) atoms. The minimum atomic E-state index is -4.93. The smallest absolute Gasteiger partial charge is 0.871 e. The number of benzene rings is 4. The second-order valence-corrected chi connectivity index (χ2v) is 9.84. The maximum atomic E-state index is 12.6. The number of carboxylic acid groups (broad SMARTS) is 1. The quantitative estimate of drug-likeness (QED) is 0.211. The van der Waals surface area contributed by atoms with Gasteiger partial charge in [-0.15, -0.1) is 5.11 Å². The summed E-state index contributed by atoms with van der Waals surface area (Å²) >= 11 is 0. The zero-order valence-electron chi connectivity index (χ0n) is 17.1. The van der Waals surface area contributed by atoms with Gasteiger partial charge in [0.25, 0.3) is 20.2 Å². The van der Waals surface area contributed by atoms with E-state index in [9.17, 15) is 40.9 Å². The van der Waals surface area contributed by atoms with E-state index in [0.29, 0.717) is 5.39 Å². The van der Waals surface area contributed by atoms with Gasteiger partial charge in [0.1, 0.15) is 10.6 Å². The minimum Gasteiger partial charge on any atom is -0.871 e. The third kappa shape index (κ3) is 5.03. The number of carbonyl (C=O) groups is 1. The van der Waals surface area contributed by atoms with Gasteiger partial charge in [0.15, 0.2) is 0 Å². The Morgan fingerprint density at radius 2 is 1.46 bits per heavy atom. The summed E-state index contributed by atoms with van der Waals surface area (Å²) in [5, 5.41) is 32.1. The molecule has 0 atom stereocenters. The molecule has 1 radical (unpaired) electrons. The summed E-state index contributed by atoms with van der Waals surface area (Å²) in [7, 11) is -9.51. The van der Waals surface area contributed by atoms with Gasteiger partial charge < -0.3 is 15.0 Å². The van der Waals surface area contributed by atoms with Crippen LogP contribution in [-0.4, -0.2) is 31.9 Å². The predicted molar refractivity (Wildman–Crippen MR) is 115 cm³/mol. The summed E-state index contributed by atoms with van der Waals surface area (Å²) in [6, 6.07) is 12.7. The van der Waals surface area contributed by atoms with Gasteiger partial charge in [-0.25, -0.2) is 0 Å². The summed E-state index contributed by atoms with van der Waals surface area (Å²) in [4.78, 5) is 10.1. The molecule has 0 amide bonds. The molecule has 0 spiro atoms. The minimum absolute atomic E-state index is 0. The first kappa shape index (κ1) is 26.2. The molecule has 0 aliphatic heterocycles. The van der Waals surface area contributed by atoms with Crippen molar-refractivity contribution in [3.63, 3.8) is 0 Å². The number of carboxylic acids is 1. The number of hydrogen-bond donors (Lipinski definition) is 2. The van der Waals surface area contributed by atoms with Gasteiger partial charge in [-0.2, -0.15) is 21.9 Å². The van der Waals surface area contributed by atoms with Crippen molar-refractivity contribution in [2.24, 2.45) is 10.2 Å². The Hall–Kier alpha value is -3.39. The van der Waals surface area contributed by atoms with E-state index in [1.165, 1.54) is 18.2 Å². The van der Waals surface area contributed by atoms with Crippen LogP contribution in [0, 0.1) is 0 Å². The van der Waals surface area contributed by atoms with Crippen LogP contribution in [0.1, 0.15) is 10.4 Å². The first-order valence-electron chi connectivity index (χ1n) is 9.25. The van der Waals surface area contributed by atoms with Crippen LogP contribution in [0.2, 0.25) is 0 Å². The van der Waals surface area contributed by atoms with Crippen molar-refractivity contribution in [3.05, 3.63) is 66.2 Å². The third-order valence-electron chi connectivity index (χ3n) is 4.93. The molecule has 0 heterocycles. The average Bonchev–Trinajstić information content (AvgIpc) is 2.75. The van der Waals surface area contributed by atoms with Crippen LogP contribution < -0.4 is 10.2 Å². The summed E-state index contributed by atoms with van der Waals surface area (Å²) in [5.41, 5.74) is -1.46. The van der Waals surface area contributed by atoms with Crippen molar-refractivity contribution in [2.45, 2.75) is 9.79 Å². The van der Waals surface area contributed by atoms with E-state index in [0.717, 1.165) is 30.3 Å². The van der Waals surface area contributed by atoms with Crippen LogP contribution in [0.25, 0.3) is 21.5 Å². The molecule has 0 fully saturated rings. The Morgan fingerprint density at radius 1 is 0.800 bits per heavy atom. The number of rotatable bonds is 5. The monoisotopic (exact) mass is 555 g/mol. The molecule has 14 heteroatoms. The molecule has 0 bridgehead atoms. The number of azo groups is 1. The second-order valence-electron chi connectivity index (χ2n) is 7.06. The Balaban J connectivity index is 0.00000342. The van der Waals surface area contributed by atoms with Crippen LogP contribution in [0.5, 0.6) is 5.75 Å². The van der Waals surface area contributed by atoms with E-state index in [1.807, 2.05) is 0 Å². The van der Waals surface area contributed by atoms with E-state index in [2.05, 4.69) is 10.2 Å². The fourth-order valence-corrected chi connectivity index (χ4v) is 4.80. The first-order valence-corrected chi connectivity index (χ1v) is 12.1. The van der Waals surface area contributed by atoms with Gasteiger partial charge in [-0.1, -0.05) is 42.1 Å². The summed E-state index contributed by atoms with van der Waals surface area (Å²) in [5.74, 6) is -2.74. The summed E-state index contributed by atoms with van der Waals surface area (Å²) in [6.07, 6.45) is 0. The van der Waals surface area contributed by atoms with E-state index >= 15 is 0 Å². The number of fused-ring (bicyclic) bond motifs is 2. The van der Waals surface area contributed by atoms with Crippen molar-refractivity contribution in [1.82, 2.24) is 0 Å². The fourth-order valence-electron chi connectivity index (χ4n) is 3.44. The van der Waals surface area contributed by atoms with Gasteiger partial charge in [0.2, 0.25) is 0 Å². The predicted octanol–water partition coefficient (Wildman–Crippen LogP) is 2.34. The fraction of sp³-hybridized carbons (Fsp3) is 0. The Bertz CT molecular complexity index is 1750. The van der Waals surface area contributed by atoms with E-state index in [-0.39, 0.29) is 38.9 Å². The van der Waals surface area contributed by atoms with Crippen LogP contribution >= 0.6 is 0 Å². The van der Waals surface area contributed by atoms with E-state index in [1.54, 1.807) is 12.1 Å². The number of hydrogen-bond acceptors (Lipinski definition) is 9. The number of nitrogens with zero attached hydrogens (tertiary/aromatic N) is 2. The van der Waals surface area contributed by atoms with Crippen LogP contribution in [-0.2, 0) is 37.3 Å². The van der Waals surface area contributed by atoms with Gasteiger partial charge >= 0.3 is 17.1 Å². The Kier molecular flexibility index (Phi) is 6.99. The SMILES string of the molecule is O=C([O-])c1cc2ccccc2c(N=Nc2ccc3cc(S(=O)(=O)O)ccc3c2S(=O)(=O)O)c1[O-].[Mn+2]. The molecule has 4 rings (SSSR count). The van der Waals surface area contributed by atoms with Crippen LogP contribution in [0.4, 0.5) is 11.4 Å². The standard InChI is InChI=1S/C21H14N2O9S2.Mn/c24-19-16(21(25)26)10-11-3-1-2-4-14(11)18(19)23-22-17-8-5-12-9-13(33(27,28)29)6-7-15(12)20(17)34(30,31)32;/h1-10,24H,(H,25,26)(H,27,28,29)(H,30,31,32);/q;+2/p-2. The number of aromatic carboxylic acids is 1. The molecular formula is C21H12MnN2O9S2. The van der Waals surface area contributed by atoms with Crippen molar-refractivity contribution in [1.29, 1.82) is 0 Å². The molecule has 0 saturated heterocycles. The molecule has 0 aromatic heterocycles. The van der Waals surface area contributed by atoms with Crippen LogP contribution in [0.15, 0.2) is 80.7 Å². The van der Waals surface area contributed by atoms with Crippen molar-refractivity contribution in [2.75, 3.05) is 0 Å². The molecule has 179 valence electrons. The molecule has 0 saturated carbocycles. The zero-order valence-corrected chi connectivity index (χ0v) is 19.9. The second kappa shape index (κ2) is 9.34. The molecular weight excluding hydrogens is 543 g/mol. The third-order valence-corrected chi connectivity index (χ3v) is 6.72. The van der Waals surface area contributed by atoms with E-state index < -0.39 is 53.0 Å². The normalized spacial score (nSPS) is 12.2. The molecule has 4 aromatic rings. The van der Waals surface area contributed by atoms with Gasteiger partial charge in [-0.3, -0.25) is 9.11 Å². The summed E-state index contributed by atoms with van der Waals surface area (Å²) < 4.78 is 66.0. The molecule has 11 nitrogen and oxygen atoms in total. The average molecular weight is 555 g/mol. The van der Waals surface area contributed by atoms with Crippen molar-refractivity contribution < 1.29 is 58.0 Å². The Labute approximate surface area is 208 Å². The first-order chi connectivity index (χ1) is 15.9. The topological polar surface area (TPSA) is 197 Å². The molecule has 0 aliphatic rings. The van der Waals surface area contributed by atoms with Gasteiger partial charge in [0, 0.05) is 10.8 Å². The van der Waals surface area contributed by atoms with Gasteiger partial charge in [0.05, 0.1) is 16.6 Å². The molecule has 2 N–H and O–H groups in total. The maximum Gasteiger partial charge on any atom is 2.00 e. The summed E-state index contributed by atoms with van der Waals surface area (Å²) in [6.45, 7) is 0.